The molecule has 2 aromatic carbocycles. The molecule has 0 spiro atoms. The van der Waals surface area contributed by atoms with Crippen LogP contribution in [0.15, 0.2) is 60.7 Å². The molecular formula is C27H41O3P. The number of aliphatic carboxylic acids is 1. The van der Waals surface area contributed by atoms with Crippen LogP contribution in [-0.2, 0) is 9.53 Å². The van der Waals surface area contributed by atoms with Crippen LogP contribution in [0.2, 0.25) is 0 Å². The van der Waals surface area contributed by atoms with Gasteiger partial charge < -0.3 is 5.11 Å². The van der Waals surface area contributed by atoms with E-state index in [1.54, 1.807) is 0 Å². The van der Waals surface area contributed by atoms with Crippen molar-refractivity contribution in [1.82, 2.24) is 0 Å². The Morgan fingerprint density at radius 2 is 1.16 bits per heavy atom. The van der Waals surface area contributed by atoms with Gasteiger partial charge in [0.2, 0.25) is 0 Å². The van der Waals surface area contributed by atoms with Crippen LogP contribution in [0, 0.1) is 0 Å². The standard InChI is InChI=1S/C27H41O3P/c1-30-22-24-31(25-17-11-9-12-18-25,26-19-13-10-14-20-26)23-16-8-6-4-2-3-5-7-15-21-27(28)29/h9-14,17-20,31H,2-8,15-16,21-24H2,1H3,(H,28,29). The maximum absolute atomic E-state index is 10.5. The number of unbranched alkanes of at least 4 members (excludes halogenated alkanes) is 8. The van der Waals surface area contributed by atoms with Crippen LogP contribution >= 0.6 is 7.26 Å². The molecule has 0 aliphatic carbocycles. The number of carboxylic acids is 1. The first kappa shape index (κ1) is 25.6. The molecule has 2 rings (SSSR count). The number of hydrogen-bond acceptors (Lipinski definition) is 2. The van der Waals surface area contributed by atoms with Crippen LogP contribution < -0.4 is 10.6 Å². The minimum atomic E-state index is -1.84. The predicted octanol–water partition coefficient (Wildman–Crippen LogP) is 6.02. The summed E-state index contributed by atoms with van der Waals surface area (Å²) in [4.78, 5) is 10.5. The number of hydrogen-bond donors (Lipinski definition) is 1. The SMILES string of the molecule is COCC[PH](CCCCCCCCCCCC(=O)O)(c1ccccc1)c1ccccc1. The topological polar surface area (TPSA) is 46.5 Å². The third-order valence-corrected chi connectivity index (χ3v) is 11.5. The molecule has 3 nitrogen and oxygen atoms in total. The van der Waals surface area contributed by atoms with E-state index in [9.17, 15) is 4.79 Å². The summed E-state index contributed by atoms with van der Waals surface area (Å²) in [5.74, 6) is -0.670. The van der Waals surface area contributed by atoms with Gasteiger partial charge in [-0.3, -0.25) is 4.79 Å². The molecule has 0 aliphatic rings. The zero-order chi connectivity index (χ0) is 22.2. The van der Waals surface area contributed by atoms with E-state index in [1.165, 1.54) is 61.7 Å². The number of carboxylic acid groups (broad SMARTS) is 1. The number of ether oxygens (including phenoxy) is 1. The van der Waals surface area contributed by atoms with Crippen molar-refractivity contribution in [2.24, 2.45) is 0 Å². The molecule has 0 saturated heterocycles. The first-order chi connectivity index (χ1) is 15.2. The van der Waals surface area contributed by atoms with Crippen LogP contribution in [0.4, 0.5) is 0 Å². The first-order valence-corrected chi connectivity index (χ1v) is 14.4. The number of rotatable bonds is 17. The molecule has 2 aromatic rings. The molecule has 0 bridgehead atoms. The molecule has 0 heterocycles. The molecule has 0 saturated carbocycles. The minimum absolute atomic E-state index is 0.317. The van der Waals surface area contributed by atoms with Crippen LogP contribution in [-0.4, -0.2) is 37.1 Å². The monoisotopic (exact) mass is 444 g/mol. The van der Waals surface area contributed by atoms with E-state index in [4.69, 9.17) is 9.84 Å². The van der Waals surface area contributed by atoms with Crippen molar-refractivity contribution in [1.29, 1.82) is 0 Å². The van der Waals surface area contributed by atoms with Gasteiger partial charge in [0, 0.05) is 0 Å². The molecule has 0 fully saturated rings. The Kier molecular flexibility index (Phi) is 12.5. The third-order valence-electron chi connectivity index (χ3n) is 6.38. The van der Waals surface area contributed by atoms with Crippen molar-refractivity contribution in [3.63, 3.8) is 0 Å². The Labute approximate surface area is 189 Å². The molecule has 0 aromatic heterocycles. The van der Waals surface area contributed by atoms with Crippen LogP contribution in [0.25, 0.3) is 0 Å². The van der Waals surface area contributed by atoms with E-state index in [1.807, 2.05) is 7.11 Å². The van der Waals surface area contributed by atoms with Gasteiger partial charge in [-0.2, -0.15) is 0 Å². The molecule has 31 heavy (non-hydrogen) atoms. The molecule has 0 aliphatic heterocycles. The van der Waals surface area contributed by atoms with Gasteiger partial charge in [0.05, 0.1) is 0 Å². The summed E-state index contributed by atoms with van der Waals surface area (Å²) in [5.41, 5.74) is 0. The van der Waals surface area contributed by atoms with Crippen molar-refractivity contribution in [2.75, 3.05) is 26.0 Å². The summed E-state index contributed by atoms with van der Waals surface area (Å²) in [6.45, 7) is 0.817. The van der Waals surface area contributed by atoms with Gasteiger partial charge in [-0.25, -0.2) is 0 Å². The third kappa shape index (κ3) is 9.13. The van der Waals surface area contributed by atoms with Crippen LogP contribution in [0.3, 0.4) is 0 Å². The first-order valence-electron chi connectivity index (χ1n) is 12.0. The quantitative estimate of drug-likeness (QED) is 0.240. The van der Waals surface area contributed by atoms with E-state index < -0.39 is 13.2 Å². The van der Waals surface area contributed by atoms with Crippen molar-refractivity contribution < 1.29 is 14.6 Å². The number of carbonyl (C=O) groups is 1. The van der Waals surface area contributed by atoms with E-state index in [-0.39, 0.29) is 0 Å². The molecule has 0 amide bonds. The Bertz CT molecular complexity index is 678. The summed E-state index contributed by atoms with van der Waals surface area (Å²) < 4.78 is 5.56. The van der Waals surface area contributed by atoms with Gasteiger partial charge in [0.25, 0.3) is 0 Å². The predicted molar refractivity (Wildman–Crippen MR) is 136 cm³/mol. The second kappa shape index (κ2) is 15.2. The van der Waals surface area contributed by atoms with Crippen LogP contribution in [0.5, 0.6) is 0 Å². The second-order valence-electron chi connectivity index (χ2n) is 8.63. The molecule has 172 valence electrons. The zero-order valence-corrected chi connectivity index (χ0v) is 20.2. The van der Waals surface area contributed by atoms with Crippen LogP contribution in [0.1, 0.15) is 64.2 Å². The summed E-state index contributed by atoms with van der Waals surface area (Å²) in [6.07, 6.45) is 13.4. The van der Waals surface area contributed by atoms with Crippen molar-refractivity contribution in [3.05, 3.63) is 60.7 Å². The molecule has 4 heteroatoms. The molecule has 0 atom stereocenters. The fourth-order valence-electron chi connectivity index (χ4n) is 4.60. The summed E-state index contributed by atoms with van der Waals surface area (Å²) in [7, 11) is -0.0250. The van der Waals surface area contributed by atoms with Gasteiger partial charge in [-0.05, 0) is 0 Å². The Morgan fingerprint density at radius 1 is 0.710 bits per heavy atom. The van der Waals surface area contributed by atoms with E-state index >= 15 is 0 Å². The van der Waals surface area contributed by atoms with Gasteiger partial charge in [0.1, 0.15) is 0 Å². The van der Waals surface area contributed by atoms with Gasteiger partial charge in [0.15, 0.2) is 0 Å². The summed E-state index contributed by atoms with van der Waals surface area (Å²) in [6, 6.07) is 22.3. The van der Waals surface area contributed by atoms with E-state index in [0.717, 1.165) is 25.6 Å². The summed E-state index contributed by atoms with van der Waals surface area (Å²) >= 11 is 0. The van der Waals surface area contributed by atoms with Gasteiger partial charge in [-0.15, -0.1) is 0 Å². The average molecular weight is 445 g/mol. The Balaban J connectivity index is 1.84. The molecule has 0 radical (unpaired) electrons. The normalized spacial score (nSPS) is 12.0. The zero-order valence-electron chi connectivity index (χ0n) is 19.2. The molecular weight excluding hydrogens is 403 g/mol. The van der Waals surface area contributed by atoms with Gasteiger partial charge in [-0.1, -0.05) is 0 Å². The van der Waals surface area contributed by atoms with E-state index in [2.05, 4.69) is 60.7 Å². The molecule has 1 N–H and O–H groups in total. The molecule has 0 unspecified atom stereocenters. The fourth-order valence-corrected chi connectivity index (χ4v) is 9.41. The number of methoxy groups -OCH3 is 1. The summed E-state index contributed by atoms with van der Waals surface area (Å²) in [5, 5.41) is 11.7. The Morgan fingerprint density at radius 3 is 1.61 bits per heavy atom. The van der Waals surface area contributed by atoms with Gasteiger partial charge >= 0.3 is 179 Å². The second-order valence-corrected chi connectivity index (χ2v) is 13.0. The van der Waals surface area contributed by atoms with Crippen molar-refractivity contribution in [2.45, 2.75) is 64.2 Å². The van der Waals surface area contributed by atoms with E-state index in [0.29, 0.717) is 6.42 Å². The van der Waals surface area contributed by atoms with Crippen molar-refractivity contribution in [3.8, 4) is 0 Å². The average Bonchev–Trinajstić information content (AvgIpc) is 2.80. The fraction of sp³-hybridized carbons (Fsp3) is 0.519. The number of benzene rings is 2. The maximum atomic E-state index is 10.5. The Hall–Kier alpha value is -1.70. The van der Waals surface area contributed by atoms with Crippen molar-refractivity contribution >= 4 is 23.8 Å².